The molecule has 0 heterocycles. The van der Waals surface area contributed by atoms with Crippen molar-refractivity contribution in [2.24, 2.45) is 34.3 Å². The highest BCUT2D eigenvalue weighted by Crippen LogP contribution is 2.65. The Kier molecular flexibility index (Phi) is 7.68. The zero-order valence-electron chi connectivity index (χ0n) is 18.1. The van der Waals surface area contributed by atoms with Gasteiger partial charge in [-0.15, -0.1) is 12.8 Å². The van der Waals surface area contributed by atoms with Crippen molar-refractivity contribution in [3.05, 3.63) is 22.9 Å². The van der Waals surface area contributed by atoms with Crippen LogP contribution in [0.15, 0.2) is 22.9 Å². The standard InChI is InChI=1S/C20H30N2O2.C2H4O2.C2H2/c1-19-8-11(10-21)15(22)7-12(19)3-4-13-14-5-6-17(24)20(14,2)9-16(23)18(13)19;3-1-2-4;1-2/h7,10,13-14,16-18,21,23-24H,3-6,8-9,22H2,1-2H3;1,4H,2H2;1-2H/t13-,14?,16-,17+,18?,19-,20-;;/m0../s1. The van der Waals surface area contributed by atoms with Gasteiger partial charge in [0.15, 0.2) is 0 Å². The molecule has 0 bridgehead atoms. The van der Waals surface area contributed by atoms with Gasteiger partial charge in [0, 0.05) is 11.9 Å². The zero-order chi connectivity index (χ0) is 22.7. The summed E-state index contributed by atoms with van der Waals surface area (Å²) in [5.41, 5.74) is 8.88. The van der Waals surface area contributed by atoms with Crippen molar-refractivity contribution in [1.82, 2.24) is 0 Å². The SMILES string of the molecule is C#C.C[C@]12CC(C=N)=C(N)C=C1CC[C@@H]1C2[C@@H](O)C[C@@]2(C)C1CC[C@H]2O.O=CCO. The lowest BCUT2D eigenvalue weighted by molar-refractivity contribution is -0.136. The fourth-order valence-electron chi connectivity index (χ4n) is 6.83. The Hall–Kier alpha value is -1.94. The minimum absolute atomic E-state index is 0.104. The number of terminal acetylenes is 1. The van der Waals surface area contributed by atoms with Gasteiger partial charge in [-0.05, 0) is 78.8 Å². The van der Waals surface area contributed by atoms with Gasteiger partial charge in [0.1, 0.15) is 6.29 Å². The van der Waals surface area contributed by atoms with Gasteiger partial charge in [0.25, 0.3) is 0 Å². The van der Waals surface area contributed by atoms with Crippen LogP contribution in [-0.4, -0.2) is 46.6 Å². The summed E-state index contributed by atoms with van der Waals surface area (Å²) in [7, 11) is 0. The van der Waals surface area contributed by atoms with Crippen LogP contribution in [0.25, 0.3) is 0 Å². The summed E-state index contributed by atoms with van der Waals surface area (Å²) in [6, 6.07) is 0. The Labute approximate surface area is 179 Å². The Morgan fingerprint density at radius 1 is 1.27 bits per heavy atom. The first-order chi connectivity index (χ1) is 14.2. The van der Waals surface area contributed by atoms with Gasteiger partial charge in [-0.25, -0.2) is 0 Å². The fraction of sp³-hybridized carbons (Fsp3) is 0.667. The van der Waals surface area contributed by atoms with E-state index in [0.29, 0.717) is 24.5 Å². The van der Waals surface area contributed by atoms with E-state index in [4.69, 9.17) is 21.0 Å². The molecule has 0 amide bonds. The molecule has 0 aliphatic heterocycles. The number of nitrogens with two attached hydrogens (primary N) is 1. The molecule has 2 unspecified atom stereocenters. The van der Waals surface area contributed by atoms with E-state index in [2.05, 4.69) is 32.8 Å². The van der Waals surface area contributed by atoms with Crippen LogP contribution < -0.4 is 5.73 Å². The molecule has 7 atom stereocenters. The van der Waals surface area contributed by atoms with Gasteiger partial charge >= 0.3 is 0 Å². The number of carbonyl (C=O) groups is 1. The lowest BCUT2D eigenvalue weighted by Gasteiger charge is -2.59. The molecule has 6 N–H and O–H groups in total. The monoisotopic (exact) mass is 416 g/mol. The fourth-order valence-corrected chi connectivity index (χ4v) is 6.83. The molecule has 0 radical (unpaired) electrons. The topological polar surface area (TPSA) is 128 Å². The van der Waals surface area contributed by atoms with Gasteiger partial charge in [0.2, 0.25) is 0 Å². The second-order valence-electron chi connectivity index (χ2n) is 9.44. The lowest BCUT2D eigenvalue weighted by atomic mass is 9.46. The number of hydrogen-bond acceptors (Lipinski definition) is 6. The summed E-state index contributed by atoms with van der Waals surface area (Å²) in [5, 5.41) is 36.8. The molecular weight excluding hydrogens is 380 g/mol. The van der Waals surface area contributed by atoms with Crippen LogP contribution in [0, 0.1) is 46.8 Å². The van der Waals surface area contributed by atoms with Crippen LogP contribution in [0.2, 0.25) is 0 Å². The molecule has 166 valence electrons. The molecule has 6 nitrogen and oxygen atoms in total. The summed E-state index contributed by atoms with van der Waals surface area (Å²) in [6.07, 6.45) is 16.7. The first-order valence-corrected chi connectivity index (χ1v) is 10.7. The summed E-state index contributed by atoms with van der Waals surface area (Å²) in [5.74, 6) is 1.18. The van der Waals surface area contributed by atoms with Crippen LogP contribution in [0.3, 0.4) is 0 Å². The first-order valence-electron chi connectivity index (χ1n) is 10.7. The van der Waals surface area contributed by atoms with E-state index in [0.717, 1.165) is 43.4 Å². The third-order valence-corrected chi connectivity index (χ3v) is 8.12. The molecule has 0 saturated heterocycles. The third-order valence-electron chi connectivity index (χ3n) is 8.12. The minimum Gasteiger partial charge on any atom is -0.398 e. The summed E-state index contributed by atoms with van der Waals surface area (Å²) in [4.78, 5) is 8.92. The highest BCUT2D eigenvalue weighted by Gasteiger charge is 2.61. The van der Waals surface area contributed by atoms with Crippen molar-refractivity contribution < 1.29 is 20.1 Å². The van der Waals surface area contributed by atoms with Crippen LogP contribution in [0.4, 0.5) is 0 Å². The number of nitrogens with one attached hydrogen (secondary N) is 1. The summed E-state index contributed by atoms with van der Waals surface area (Å²) < 4.78 is 0. The van der Waals surface area contributed by atoms with Crippen LogP contribution in [0.5, 0.6) is 0 Å². The van der Waals surface area contributed by atoms with Gasteiger partial charge in [-0.2, -0.15) is 0 Å². The number of allylic oxidation sites excluding steroid dienone is 3. The maximum Gasteiger partial charge on any atom is 0.145 e. The molecule has 4 aliphatic carbocycles. The van der Waals surface area contributed by atoms with E-state index >= 15 is 0 Å². The maximum atomic E-state index is 11.1. The number of hydrogen-bond donors (Lipinski definition) is 5. The normalized spacial score (nSPS) is 41.4. The molecule has 30 heavy (non-hydrogen) atoms. The molecule has 6 heteroatoms. The van der Waals surface area contributed by atoms with E-state index in [1.54, 1.807) is 0 Å². The molecule has 0 spiro atoms. The predicted molar refractivity (Wildman–Crippen MR) is 118 cm³/mol. The number of rotatable bonds is 2. The van der Waals surface area contributed by atoms with Crippen molar-refractivity contribution in [3.63, 3.8) is 0 Å². The van der Waals surface area contributed by atoms with Crippen molar-refractivity contribution in [2.75, 3.05) is 6.61 Å². The van der Waals surface area contributed by atoms with E-state index in [9.17, 15) is 10.2 Å². The number of fused-ring (bicyclic) bond motifs is 5. The second kappa shape index (κ2) is 9.47. The van der Waals surface area contributed by atoms with Crippen LogP contribution in [-0.2, 0) is 4.79 Å². The molecule has 4 rings (SSSR count). The lowest BCUT2D eigenvalue weighted by Crippen LogP contribution is -2.57. The van der Waals surface area contributed by atoms with E-state index in [-0.39, 0.29) is 35.6 Å². The summed E-state index contributed by atoms with van der Waals surface area (Å²) >= 11 is 0. The molecule has 0 aromatic heterocycles. The van der Waals surface area contributed by atoms with E-state index in [1.165, 1.54) is 11.8 Å². The second-order valence-corrected chi connectivity index (χ2v) is 9.44. The minimum atomic E-state index is -0.385. The molecule has 4 aliphatic rings. The Morgan fingerprint density at radius 3 is 2.47 bits per heavy atom. The number of aliphatic hydroxyl groups excluding tert-OH is 3. The van der Waals surface area contributed by atoms with Gasteiger partial charge in [-0.3, -0.25) is 0 Å². The summed E-state index contributed by atoms with van der Waals surface area (Å²) in [6.45, 7) is 4.09. The number of carbonyl (C=O) groups excluding carboxylic acids is 1. The van der Waals surface area contributed by atoms with Crippen LogP contribution in [0.1, 0.15) is 52.4 Å². The average molecular weight is 417 g/mol. The number of aliphatic hydroxyl groups is 3. The average Bonchev–Trinajstić information content (AvgIpc) is 3.03. The largest absolute Gasteiger partial charge is 0.398 e. The molecule has 0 aromatic carbocycles. The van der Waals surface area contributed by atoms with Crippen molar-refractivity contribution in [3.8, 4) is 12.8 Å². The Balaban J connectivity index is 0.000000481. The molecule has 3 fully saturated rings. The van der Waals surface area contributed by atoms with Crippen molar-refractivity contribution in [2.45, 2.75) is 64.6 Å². The molecular formula is C24H36N2O4. The van der Waals surface area contributed by atoms with Gasteiger partial charge < -0.3 is 31.3 Å². The maximum absolute atomic E-state index is 11.1. The highest BCUT2D eigenvalue weighted by molar-refractivity contribution is 5.79. The Morgan fingerprint density at radius 2 is 1.90 bits per heavy atom. The van der Waals surface area contributed by atoms with E-state index < -0.39 is 0 Å². The molecule has 3 saturated carbocycles. The number of aldehydes is 1. The smallest absolute Gasteiger partial charge is 0.145 e. The van der Waals surface area contributed by atoms with Gasteiger partial charge in [0.05, 0.1) is 18.8 Å². The third kappa shape index (κ3) is 3.87. The first kappa shape index (κ1) is 24.3. The molecule has 0 aromatic rings. The highest BCUT2D eigenvalue weighted by atomic mass is 16.3. The van der Waals surface area contributed by atoms with Crippen LogP contribution >= 0.6 is 0 Å². The zero-order valence-corrected chi connectivity index (χ0v) is 18.1. The van der Waals surface area contributed by atoms with Crippen molar-refractivity contribution >= 4 is 12.5 Å². The Bertz CT molecular complexity index is 743. The van der Waals surface area contributed by atoms with E-state index in [1.807, 2.05) is 0 Å². The van der Waals surface area contributed by atoms with Gasteiger partial charge in [-0.1, -0.05) is 19.4 Å². The van der Waals surface area contributed by atoms with Crippen molar-refractivity contribution in [1.29, 1.82) is 5.41 Å². The predicted octanol–water partition coefficient (Wildman–Crippen LogP) is 2.18. The quantitative estimate of drug-likeness (QED) is 0.268.